The lowest BCUT2D eigenvalue weighted by Gasteiger charge is -2.38. The molecule has 1 spiro atoms. The van der Waals surface area contributed by atoms with Crippen LogP contribution in [-0.4, -0.2) is 77.5 Å². The van der Waals surface area contributed by atoms with E-state index in [1.807, 2.05) is 12.2 Å². The standard InChI is InChI=1S/C30H40Cl2N4O4/c1-5-35(6-2)12-13-36-26(28(38)34-22-9-7-8-17(3)18(22)4)30-11-10-23(40-30)24(25(30)29(36)39)27(37)33-21-15-19(31)14-20(32)16-21/h10-11,14-18,22-26H,5-9,12-13H2,1-4H3,(H,33,37)(H,34,38)/t17?,18?,22?,23-,24?,25-,26?,30?/m0/s1. The van der Waals surface area contributed by atoms with E-state index in [4.69, 9.17) is 27.9 Å². The van der Waals surface area contributed by atoms with Crippen molar-refractivity contribution in [3.8, 4) is 0 Å². The molecular formula is C30H40Cl2N4O4. The van der Waals surface area contributed by atoms with Crippen LogP contribution >= 0.6 is 23.2 Å². The molecule has 218 valence electrons. The Morgan fingerprint density at radius 3 is 2.48 bits per heavy atom. The zero-order valence-corrected chi connectivity index (χ0v) is 25.2. The Kier molecular flexibility index (Phi) is 8.54. The van der Waals surface area contributed by atoms with E-state index in [0.717, 1.165) is 32.4 Å². The van der Waals surface area contributed by atoms with Gasteiger partial charge in [0.05, 0.1) is 17.9 Å². The number of amides is 3. The zero-order valence-electron chi connectivity index (χ0n) is 23.7. The first kappa shape index (κ1) is 29.4. The van der Waals surface area contributed by atoms with Gasteiger partial charge in [-0.2, -0.15) is 0 Å². The van der Waals surface area contributed by atoms with Gasteiger partial charge in [0.1, 0.15) is 11.6 Å². The summed E-state index contributed by atoms with van der Waals surface area (Å²) < 4.78 is 6.47. The fourth-order valence-corrected chi connectivity index (χ4v) is 7.72. The van der Waals surface area contributed by atoms with E-state index in [9.17, 15) is 14.4 Å². The highest BCUT2D eigenvalue weighted by Crippen LogP contribution is 2.55. The number of anilines is 1. The van der Waals surface area contributed by atoms with Crippen molar-refractivity contribution in [3.05, 3.63) is 40.4 Å². The van der Waals surface area contributed by atoms with Crippen LogP contribution < -0.4 is 10.6 Å². The molecule has 3 heterocycles. The molecule has 3 fully saturated rings. The third-order valence-electron chi connectivity index (χ3n) is 9.64. The van der Waals surface area contributed by atoms with Crippen molar-refractivity contribution in [2.45, 2.75) is 70.7 Å². The number of likely N-dealkylation sites (tertiary alicyclic amines) is 1. The number of fused-ring (bicyclic) bond motifs is 1. The highest BCUT2D eigenvalue weighted by Gasteiger charge is 2.72. The summed E-state index contributed by atoms with van der Waals surface area (Å²) in [4.78, 5) is 45.8. The molecule has 3 amide bonds. The van der Waals surface area contributed by atoms with E-state index >= 15 is 0 Å². The second-order valence-corrected chi connectivity index (χ2v) is 12.7. The van der Waals surface area contributed by atoms with E-state index in [0.29, 0.717) is 40.7 Å². The lowest BCUT2D eigenvalue weighted by Crippen LogP contribution is -2.58. The third-order valence-corrected chi connectivity index (χ3v) is 10.1. The van der Waals surface area contributed by atoms with Gasteiger partial charge in [0.25, 0.3) is 0 Å². The highest BCUT2D eigenvalue weighted by atomic mass is 35.5. The molecule has 10 heteroatoms. The molecule has 8 nitrogen and oxygen atoms in total. The second-order valence-electron chi connectivity index (χ2n) is 11.8. The van der Waals surface area contributed by atoms with Gasteiger partial charge in [-0.15, -0.1) is 0 Å². The van der Waals surface area contributed by atoms with Gasteiger partial charge in [0.15, 0.2) is 0 Å². The molecule has 0 radical (unpaired) electrons. The number of hydrogen-bond acceptors (Lipinski definition) is 5. The van der Waals surface area contributed by atoms with Gasteiger partial charge in [-0.1, -0.05) is 75.9 Å². The molecule has 1 aromatic rings. The Morgan fingerprint density at radius 1 is 1.10 bits per heavy atom. The van der Waals surface area contributed by atoms with Crippen molar-refractivity contribution in [2.24, 2.45) is 23.7 Å². The minimum atomic E-state index is -1.19. The van der Waals surface area contributed by atoms with Gasteiger partial charge < -0.3 is 25.2 Å². The number of halogens is 2. The summed E-state index contributed by atoms with van der Waals surface area (Å²) in [5.41, 5.74) is -0.742. The van der Waals surface area contributed by atoms with Gasteiger partial charge in [-0.05, 0) is 49.5 Å². The van der Waals surface area contributed by atoms with Crippen LogP contribution in [0.1, 0.15) is 47.0 Å². The third kappa shape index (κ3) is 5.17. The molecule has 8 atom stereocenters. The Labute approximate surface area is 246 Å². The summed E-state index contributed by atoms with van der Waals surface area (Å²) in [6.07, 6.45) is 6.22. The van der Waals surface area contributed by atoms with Gasteiger partial charge in [-0.25, -0.2) is 0 Å². The normalized spacial score (nSPS) is 34.4. The molecule has 4 aliphatic rings. The van der Waals surface area contributed by atoms with Crippen LogP contribution in [0.15, 0.2) is 30.4 Å². The quantitative estimate of drug-likeness (QED) is 0.417. The van der Waals surface area contributed by atoms with E-state index in [-0.39, 0.29) is 23.8 Å². The number of rotatable bonds is 9. The summed E-state index contributed by atoms with van der Waals surface area (Å²) in [5.74, 6) is -1.49. The van der Waals surface area contributed by atoms with Crippen LogP contribution in [0.25, 0.3) is 0 Å². The number of carbonyl (C=O) groups excluding carboxylic acids is 3. The average molecular weight is 592 g/mol. The molecule has 0 aromatic heterocycles. The van der Waals surface area contributed by atoms with Crippen LogP contribution in [0.5, 0.6) is 0 Å². The van der Waals surface area contributed by atoms with Gasteiger partial charge in [0, 0.05) is 34.9 Å². The molecular weight excluding hydrogens is 551 g/mol. The van der Waals surface area contributed by atoms with E-state index in [1.54, 1.807) is 23.1 Å². The average Bonchev–Trinajstić information content (AvgIpc) is 3.54. The van der Waals surface area contributed by atoms with Crippen molar-refractivity contribution in [3.63, 3.8) is 0 Å². The van der Waals surface area contributed by atoms with Crippen LogP contribution in [0.4, 0.5) is 5.69 Å². The van der Waals surface area contributed by atoms with E-state index in [2.05, 4.69) is 43.2 Å². The number of nitrogens with zero attached hydrogens (tertiary/aromatic N) is 2. The molecule has 3 aliphatic heterocycles. The summed E-state index contributed by atoms with van der Waals surface area (Å²) in [6, 6.07) is 4.01. The summed E-state index contributed by atoms with van der Waals surface area (Å²) >= 11 is 12.3. The van der Waals surface area contributed by atoms with Crippen molar-refractivity contribution < 1.29 is 19.1 Å². The number of likely N-dealkylation sites (N-methyl/N-ethyl adjacent to an activating group) is 1. The van der Waals surface area contributed by atoms with Gasteiger partial charge in [-0.3, -0.25) is 14.4 Å². The predicted molar refractivity (Wildman–Crippen MR) is 156 cm³/mol. The lowest BCUT2D eigenvalue weighted by atomic mass is 9.73. The summed E-state index contributed by atoms with van der Waals surface area (Å²) in [6.45, 7) is 11.3. The molecule has 1 aliphatic carbocycles. The van der Waals surface area contributed by atoms with Crippen molar-refractivity contribution in [1.29, 1.82) is 0 Å². The number of carbonyl (C=O) groups is 3. The first-order chi connectivity index (χ1) is 19.1. The SMILES string of the molecule is CCN(CC)CCN1C(=O)[C@@H]2C(C(=O)Nc3cc(Cl)cc(Cl)c3)[C@@H]3C=CC2(O3)C1C(=O)NC1CCCC(C)C1C. The Bertz CT molecular complexity index is 1170. The molecule has 40 heavy (non-hydrogen) atoms. The maximum absolute atomic E-state index is 14.2. The van der Waals surface area contributed by atoms with Gasteiger partial charge >= 0.3 is 0 Å². The molecule has 5 rings (SSSR count). The first-order valence-electron chi connectivity index (χ1n) is 14.6. The van der Waals surface area contributed by atoms with Crippen LogP contribution in [0, 0.1) is 23.7 Å². The minimum absolute atomic E-state index is 0.0423. The smallest absolute Gasteiger partial charge is 0.246 e. The van der Waals surface area contributed by atoms with Crippen LogP contribution in [0.3, 0.4) is 0 Å². The fraction of sp³-hybridized carbons (Fsp3) is 0.633. The summed E-state index contributed by atoms with van der Waals surface area (Å²) in [7, 11) is 0. The molecule has 2 bridgehead atoms. The highest BCUT2D eigenvalue weighted by molar-refractivity contribution is 6.35. The monoisotopic (exact) mass is 590 g/mol. The van der Waals surface area contributed by atoms with Gasteiger partial charge in [0.2, 0.25) is 17.7 Å². The zero-order chi connectivity index (χ0) is 28.8. The van der Waals surface area contributed by atoms with E-state index in [1.165, 1.54) is 0 Å². The topological polar surface area (TPSA) is 91.0 Å². The fourth-order valence-electron chi connectivity index (χ4n) is 7.20. The van der Waals surface area contributed by atoms with E-state index < -0.39 is 29.6 Å². The Balaban J connectivity index is 1.44. The Hall–Kier alpha value is -2.13. The minimum Gasteiger partial charge on any atom is -0.359 e. The number of nitrogens with one attached hydrogen (secondary N) is 2. The maximum Gasteiger partial charge on any atom is 0.246 e. The number of benzene rings is 1. The first-order valence-corrected chi connectivity index (χ1v) is 15.3. The number of hydrogen-bond donors (Lipinski definition) is 2. The van der Waals surface area contributed by atoms with Crippen molar-refractivity contribution >= 4 is 46.6 Å². The summed E-state index contributed by atoms with van der Waals surface area (Å²) in [5, 5.41) is 6.97. The second kappa shape index (κ2) is 11.6. The number of ether oxygens (including phenoxy) is 1. The molecule has 1 aromatic carbocycles. The molecule has 2 N–H and O–H groups in total. The van der Waals surface area contributed by atoms with Crippen LogP contribution in [-0.2, 0) is 19.1 Å². The van der Waals surface area contributed by atoms with Crippen molar-refractivity contribution in [2.75, 3.05) is 31.5 Å². The van der Waals surface area contributed by atoms with Crippen molar-refractivity contribution in [1.82, 2.24) is 15.1 Å². The largest absolute Gasteiger partial charge is 0.359 e. The molecule has 2 saturated heterocycles. The predicted octanol–water partition coefficient (Wildman–Crippen LogP) is 4.37. The lowest BCUT2D eigenvalue weighted by molar-refractivity contribution is -0.141. The van der Waals surface area contributed by atoms with Crippen LogP contribution in [0.2, 0.25) is 10.0 Å². The maximum atomic E-state index is 14.2. The molecule has 1 saturated carbocycles. The molecule has 6 unspecified atom stereocenters. The Morgan fingerprint density at radius 2 is 1.80 bits per heavy atom.